The van der Waals surface area contributed by atoms with Gasteiger partial charge in [-0.3, -0.25) is 14.5 Å². The number of nitrogens with zero attached hydrogens (tertiary/aromatic N) is 2. The summed E-state index contributed by atoms with van der Waals surface area (Å²) in [7, 11) is 1.54. The van der Waals surface area contributed by atoms with Crippen molar-refractivity contribution in [3.63, 3.8) is 0 Å². The average Bonchev–Trinajstić information content (AvgIpc) is 3.67. The third-order valence-electron chi connectivity index (χ3n) is 7.59. The van der Waals surface area contributed by atoms with Crippen LogP contribution in [0.4, 0.5) is 0 Å². The predicted octanol–water partition coefficient (Wildman–Crippen LogP) is 2.06. The Bertz CT molecular complexity index is 945. The van der Waals surface area contributed by atoms with E-state index in [1.54, 1.807) is 4.90 Å². The van der Waals surface area contributed by atoms with Crippen LogP contribution < -0.4 is 14.2 Å². The van der Waals surface area contributed by atoms with E-state index in [4.69, 9.17) is 23.7 Å². The maximum atomic E-state index is 13.4. The van der Waals surface area contributed by atoms with Gasteiger partial charge in [0.05, 0.1) is 32.8 Å². The molecule has 0 aliphatic carbocycles. The fourth-order valence-electron chi connectivity index (χ4n) is 5.68. The Morgan fingerprint density at radius 2 is 1.89 bits per heavy atom. The molecule has 2 fully saturated rings. The number of carboxylic acids is 1. The first-order chi connectivity index (χ1) is 18.5. The van der Waals surface area contributed by atoms with Crippen LogP contribution in [0.3, 0.4) is 0 Å². The van der Waals surface area contributed by atoms with Gasteiger partial charge in [0.2, 0.25) is 18.4 Å². The minimum atomic E-state index is -0.914. The number of hydrogen-bond acceptors (Lipinski definition) is 9. The number of carbonyl (C=O) groups is 2. The molecule has 3 aliphatic rings. The second kappa shape index (κ2) is 13.5. The monoisotopic (exact) mass is 536 g/mol. The number of amides is 1. The molecule has 1 aromatic carbocycles. The standard InChI is InChI=1S/C27H40N2O9/c1-3-4-8-28(9-5-10-30)23(31)16-29-15-19(18-13-21(34-2)26-22(14-18)37-17-38-26)25(27(32)33)20(29)6-7-24-35-11-12-36-24/h13-14,19-20,24-25,30H,3-12,15-17H2,1-2H3,(H,32,33)/t19-,20+,25?/m1/s1. The molecule has 1 unspecified atom stereocenters. The minimum Gasteiger partial charge on any atom is -0.493 e. The van der Waals surface area contributed by atoms with E-state index in [0.29, 0.717) is 69.4 Å². The summed E-state index contributed by atoms with van der Waals surface area (Å²) in [5.41, 5.74) is 0.773. The maximum Gasteiger partial charge on any atom is 0.308 e. The van der Waals surface area contributed by atoms with Crippen LogP contribution in [-0.4, -0.2) is 104 Å². The number of fused-ring (bicyclic) bond motifs is 1. The number of carbonyl (C=O) groups excluding carboxylic acids is 1. The molecule has 11 nitrogen and oxygen atoms in total. The number of unbranched alkanes of at least 4 members (excludes halogenated alkanes) is 1. The third kappa shape index (κ3) is 6.51. The number of aliphatic hydroxyl groups is 1. The van der Waals surface area contributed by atoms with Crippen LogP contribution in [0.25, 0.3) is 0 Å². The van der Waals surface area contributed by atoms with Gasteiger partial charge in [-0.05, 0) is 43.4 Å². The Balaban J connectivity index is 1.60. The number of carboxylic acid groups (broad SMARTS) is 1. The van der Waals surface area contributed by atoms with E-state index in [9.17, 15) is 19.8 Å². The molecule has 3 aliphatic heterocycles. The van der Waals surface area contributed by atoms with Crippen molar-refractivity contribution in [2.24, 2.45) is 5.92 Å². The van der Waals surface area contributed by atoms with Crippen molar-refractivity contribution in [1.82, 2.24) is 9.80 Å². The number of rotatable bonds is 14. The number of ether oxygens (including phenoxy) is 5. The van der Waals surface area contributed by atoms with Crippen LogP contribution in [0.15, 0.2) is 12.1 Å². The van der Waals surface area contributed by atoms with Gasteiger partial charge in [-0.15, -0.1) is 0 Å². The summed E-state index contributed by atoms with van der Waals surface area (Å²) < 4.78 is 27.9. The number of benzene rings is 1. The van der Waals surface area contributed by atoms with E-state index in [1.807, 2.05) is 17.0 Å². The SMILES string of the molecule is CCCCN(CCCO)C(=O)CN1C[C@H](c2cc(OC)c3c(c2)OCO3)C(C(=O)O)[C@@H]1CCC1OCCO1. The molecule has 1 amide bonds. The van der Waals surface area contributed by atoms with Crippen molar-refractivity contribution < 1.29 is 43.5 Å². The lowest BCUT2D eigenvalue weighted by molar-refractivity contribution is -0.144. The van der Waals surface area contributed by atoms with E-state index >= 15 is 0 Å². The quantitative estimate of drug-likeness (QED) is 0.365. The fourth-order valence-corrected chi connectivity index (χ4v) is 5.68. The van der Waals surface area contributed by atoms with Crippen LogP contribution in [-0.2, 0) is 19.1 Å². The van der Waals surface area contributed by atoms with Crippen LogP contribution in [0.5, 0.6) is 17.2 Å². The average molecular weight is 537 g/mol. The van der Waals surface area contributed by atoms with Gasteiger partial charge in [0.25, 0.3) is 0 Å². The predicted molar refractivity (Wildman–Crippen MR) is 136 cm³/mol. The van der Waals surface area contributed by atoms with Crippen molar-refractivity contribution >= 4 is 11.9 Å². The third-order valence-corrected chi connectivity index (χ3v) is 7.59. The summed E-state index contributed by atoms with van der Waals surface area (Å²) in [6, 6.07) is 3.25. The largest absolute Gasteiger partial charge is 0.493 e. The first-order valence-electron chi connectivity index (χ1n) is 13.5. The highest BCUT2D eigenvalue weighted by Gasteiger charge is 2.48. The molecule has 4 rings (SSSR count). The zero-order valence-corrected chi connectivity index (χ0v) is 22.3. The lowest BCUT2D eigenvalue weighted by Crippen LogP contribution is -2.45. The zero-order chi connectivity index (χ0) is 27.1. The second-order valence-corrected chi connectivity index (χ2v) is 9.98. The topological polar surface area (TPSA) is 127 Å². The molecule has 0 radical (unpaired) electrons. The van der Waals surface area contributed by atoms with E-state index in [2.05, 4.69) is 6.92 Å². The van der Waals surface area contributed by atoms with Crippen molar-refractivity contribution in [2.45, 2.75) is 57.3 Å². The molecular weight excluding hydrogens is 496 g/mol. The molecule has 3 atom stereocenters. The minimum absolute atomic E-state index is 0.0126. The van der Waals surface area contributed by atoms with E-state index in [1.165, 1.54) is 7.11 Å². The van der Waals surface area contributed by atoms with Crippen LogP contribution in [0, 0.1) is 5.92 Å². The Morgan fingerprint density at radius 1 is 1.13 bits per heavy atom. The molecule has 2 saturated heterocycles. The summed E-state index contributed by atoms with van der Waals surface area (Å²) >= 11 is 0. The Kier molecular flexibility index (Phi) is 10.1. The molecule has 0 bridgehead atoms. The molecular formula is C27H40N2O9. The van der Waals surface area contributed by atoms with Gasteiger partial charge < -0.3 is 38.8 Å². The zero-order valence-electron chi connectivity index (χ0n) is 22.3. The number of methoxy groups -OCH3 is 1. The first-order valence-corrected chi connectivity index (χ1v) is 13.5. The summed E-state index contributed by atoms with van der Waals surface area (Å²) in [5.74, 6) is -0.585. The van der Waals surface area contributed by atoms with Gasteiger partial charge in [0, 0.05) is 38.2 Å². The highest BCUT2D eigenvalue weighted by molar-refractivity contribution is 5.79. The first kappa shape index (κ1) is 28.4. The van der Waals surface area contributed by atoms with Crippen molar-refractivity contribution in [3.8, 4) is 17.2 Å². The van der Waals surface area contributed by atoms with Gasteiger partial charge in [-0.2, -0.15) is 0 Å². The van der Waals surface area contributed by atoms with Gasteiger partial charge >= 0.3 is 5.97 Å². The van der Waals surface area contributed by atoms with Crippen LogP contribution in [0.1, 0.15) is 50.5 Å². The molecule has 0 aromatic heterocycles. The second-order valence-electron chi connectivity index (χ2n) is 9.98. The Labute approximate surface area is 223 Å². The van der Waals surface area contributed by atoms with Crippen LogP contribution >= 0.6 is 0 Å². The fraction of sp³-hybridized carbons (Fsp3) is 0.704. The molecule has 1 aromatic rings. The number of hydrogen-bond donors (Lipinski definition) is 2. The molecule has 3 heterocycles. The lowest BCUT2D eigenvalue weighted by Gasteiger charge is -2.30. The highest BCUT2D eigenvalue weighted by Crippen LogP contribution is 2.47. The highest BCUT2D eigenvalue weighted by atomic mass is 16.7. The summed E-state index contributed by atoms with van der Waals surface area (Å²) in [5, 5.41) is 19.7. The summed E-state index contributed by atoms with van der Waals surface area (Å²) in [6.07, 6.45) is 3.02. The van der Waals surface area contributed by atoms with Gasteiger partial charge in [0.1, 0.15) is 0 Å². The normalized spacial score (nSPS) is 23.2. The molecule has 11 heteroatoms. The molecule has 0 spiro atoms. The number of aliphatic hydroxyl groups excluding tert-OH is 1. The smallest absolute Gasteiger partial charge is 0.308 e. The van der Waals surface area contributed by atoms with Crippen molar-refractivity contribution in [3.05, 3.63) is 17.7 Å². The van der Waals surface area contributed by atoms with Gasteiger partial charge in [0.15, 0.2) is 17.8 Å². The van der Waals surface area contributed by atoms with Crippen molar-refractivity contribution in [1.29, 1.82) is 0 Å². The van der Waals surface area contributed by atoms with Gasteiger partial charge in [-0.1, -0.05) is 13.3 Å². The van der Waals surface area contributed by atoms with E-state index in [0.717, 1.165) is 18.4 Å². The number of likely N-dealkylation sites (tertiary alicyclic amines) is 1. The molecule has 0 saturated carbocycles. The Morgan fingerprint density at radius 3 is 2.58 bits per heavy atom. The maximum absolute atomic E-state index is 13.4. The van der Waals surface area contributed by atoms with E-state index in [-0.39, 0.29) is 38.1 Å². The van der Waals surface area contributed by atoms with E-state index < -0.39 is 17.9 Å². The Hall–Kier alpha value is -2.60. The molecule has 2 N–H and O–H groups in total. The number of aliphatic carboxylic acids is 1. The lowest BCUT2D eigenvalue weighted by atomic mass is 9.83. The summed E-state index contributed by atoms with van der Waals surface area (Å²) in [4.78, 5) is 29.9. The van der Waals surface area contributed by atoms with Crippen molar-refractivity contribution in [2.75, 3.05) is 59.9 Å². The van der Waals surface area contributed by atoms with Crippen LogP contribution in [0.2, 0.25) is 0 Å². The molecule has 38 heavy (non-hydrogen) atoms. The summed E-state index contributed by atoms with van der Waals surface area (Å²) in [6.45, 7) is 4.80. The van der Waals surface area contributed by atoms with Gasteiger partial charge in [-0.25, -0.2) is 0 Å². The molecule has 212 valence electrons.